The summed E-state index contributed by atoms with van der Waals surface area (Å²) in [5.41, 5.74) is 1.98. The molecule has 2 nitrogen and oxygen atoms in total. The predicted octanol–water partition coefficient (Wildman–Crippen LogP) is 5.05. The SMILES string of the molecule is COc1ccc2ccccc2c1C(=O)CCCc1ccccc1. The Morgan fingerprint density at radius 1 is 0.913 bits per heavy atom. The van der Waals surface area contributed by atoms with E-state index in [1.54, 1.807) is 7.11 Å². The van der Waals surface area contributed by atoms with E-state index >= 15 is 0 Å². The van der Waals surface area contributed by atoms with E-state index in [4.69, 9.17) is 4.74 Å². The van der Waals surface area contributed by atoms with Crippen LogP contribution < -0.4 is 4.74 Å². The molecular weight excluding hydrogens is 284 g/mol. The second-order valence-corrected chi connectivity index (χ2v) is 5.63. The molecule has 0 unspecified atom stereocenters. The highest BCUT2D eigenvalue weighted by atomic mass is 16.5. The summed E-state index contributed by atoms with van der Waals surface area (Å²) in [6.45, 7) is 0. The summed E-state index contributed by atoms with van der Waals surface area (Å²) in [4.78, 5) is 12.7. The largest absolute Gasteiger partial charge is 0.496 e. The summed E-state index contributed by atoms with van der Waals surface area (Å²) in [5, 5.41) is 2.04. The monoisotopic (exact) mass is 304 g/mol. The number of carbonyl (C=O) groups excluding carboxylic acids is 1. The average Bonchev–Trinajstić information content (AvgIpc) is 2.61. The molecule has 2 heteroatoms. The van der Waals surface area contributed by atoms with Crippen molar-refractivity contribution in [3.63, 3.8) is 0 Å². The van der Waals surface area contributed by atoms with Crippen LogP contribution in [0.3, 0.4) is 0 Å². The summed E-state index contributed by atoms with van der Waals surface area (Å²) >= 11 is 0. The Labute approximate surface area is 136 Å². The molecule has 116 valence electrons. The maximum absolute atomic E-state index is 12.7. The van der Waals surface area contributed by atoms with Gasteiger partial charge in [0.25, 0.3) is 0 Å². The molecule has 0 aliphatic heterocycles. The highest BCUT2D eigenvalue weighted by Gasteiger charge is 2.15. The van der Waals surface area contributed by atoms with Crippen LogP contribution in [0, 0.1) is 0 Å². The predicted molar refractivity (Wildman–Crippen MR) is 94.2 cm³/mol. The van der Waals surface area contributed by atoms with Crippen molar-refractivity contribution in [2.45, 2.75) is 19.3 Å². The number of rotatable bonds is 6. The molecule has 0 saturated carbocycles. The molecule has 0 aromatic heterocycles. The minimum Gasteiger partial charge on any atom is -0.496 e. The number of ether oxygens (including phenoxy) is 1. The van der Waals surface area contributed by atoms with Crippen molar-refractivity contribution in [1.82, 2.24) is 0 Å². The van der Waals surface area contributed by atoms with E-state index in [9.17, 15) is 4.79 Å². The number of carbonyl (C=O) groups is 1. The Morgan fingerprint density at radius 3 is 2.43 bits per heavy atom. The fourth-order valence-corrected chi connectivity index (χ4v) is 2.93. The van der Waals surface area contributed by atoms with E-state index in [2.05, 4.69) is 12.1 Å². The van der Waals surface area contributed by atoms with Gasteiger partial charge in [-0.25, -0.2) is 0 Å². The van der Waals surface area contributed by atoms with Gasteiger partial charge < -0.3 is 4.74 Å². The Bertz CT molecular complexity index is 806. The zero-order chi connectivity index (χ0) is 16.1. The van der Waals surface area contributed by atoms with Gasteiger partial charge in [-0.15, -0.1) is 0 Å². The first kappa shape index (κ1) is 15.3. The van der Waals surface area contributed by atoms with Crippen molar-refractivity contribution < 1.29 is 9.53 Å². The molecule has 0 fully saturated rings. The molecule has 3 rings (SSSR count). The minimum absolute atomic E-state index is 0.148. The van der Waals surface area contributed by atoms with Crippen LogP contribution in [0.15, 0.2) is 66.7 Å². The number of methoxy groups -OCH3 is 1. The van der Waals surface area contributed by atoms with Crippen molar-refractivity contribution in [3.8, 4) is 5.75 Å². The molecule has 0 atom stereocenters. The van der Waals surface area contributed by atoms with Crippen LogP contribution >= 0.6 is 0 Å². The van der Waals surface area contributed by atoms with Crippen molar-refractivity contribution >= 4 is 16.6 Å². The van der Waals surface area contributed by atoms with Crippen LogP contribution in [-0.2, 0) is 6.42 Å². The number of hydrogen-bond donors (Lipinski definition) is 0. The summed E-state index contributed by atoms with van der Waals surface area (Å²) in [6.07, 6.45) is 2.29. The Hall–Kier alpha value is -2.61. The fraction of sp³-hybridized carbons (Fsp3) is 0.190. The van der Waals surface area contributed by atoms with E-state index < -0.39 is 0 Å². The van der Waals surface area contributed by atoms with Gasteiger partial charge in [0.15, 0.2) is 5.78 Å². The molecule has 0 N–H and O–H groups in total. The molecule has 0 radical (unpaired) electrons. The van der Waals surface area contributed by atoms with E-state index in [0.29, 0.717) is 17.7 Å². The number of ketones is 1. The number of Topliss-reactive ketones (excluding diaryl/α,β-unsaturated/α-hetero) is 1. The lowest BCUT2D eigenvalue weighted by Gasteiger charge is -2.11. The molecule has 0 amide bonds. The smallest absolute Gasteiger partial charge is 0.167 e. The molecule has 23 heavy (non-hydrogen) atoms. The van der Waals surface area contributed by atoms with Gasteiger partial charge in [0.2, 0.25) is 0 Å². The number of benzene rings is 3. The first-order chi connectivity index (χ1) is 11.3. The molecule has 0 spiro atoms. The zero-order valence-electron chi connectivity index (χ0n) is 13.3. The number of fused-ring (bicyclic) bond motifs is 1. The average molecular weight is 304 g/mol. The topological polar surface area (TPSA) is 26.3 Å². The Kier molecular flexibility index (Phi) is 4.72. The third-order valence-corrected chi connectivity index (χ3v) is 4.10. The minimum atomic E-state index is 0.148. The van der Waals surface area contributed by atoms with Gasteiger partial charge in [-0.3, -0.25) is 4.79 Å². The summed E-state index contributed by atoms with van der Waals surface area (Å²) in [7, 11) is 1.62. The second-order valence-electron chi connectivity index (χ2n) is 5.63. The van der Waals surface area contributed by atoms with E-state index in [1.807, 2.05) is 54.6 Å². The molecular formula is C21H20O2. The standard InChI is InChI=1S/C21H20O2/c1-23-20-15-14-17-11-5-6-12-18(17)21(20)19(22)13-7-10-16-8-3-2-4-9-16/h2-6,8-9,11-12,14-15H,7,10,13H2,1H3. The molecule has 3 aromatic carbocycles. The summed E-state index contributed by atoms with van der Waals surface area (Å²) in [6, 6.07) is 22.1. The lowest BCUT2D eigenvalue weighted by Crippen LogP contribution is -2.04. The third-order valence-electron chi connectivity index (χ3n) is 4.10. The maximum atomic E-state index is 12.7. The molecule has 0 heterocycles. The quantitative estimate of drug-likeness (QED) is 0.595. The molecule has 0 aliphatic rings. The second kappa shape index (κ2) is 7.10. The molecule has 3 aromatic rings. The maximum Gasteiger partial charge on any atom is 0.167 e. The summed E-state index contributed by atoms with van der Waals surface area (Å²) < 4.78 is 5.42. The lowest BCUT2D eigenvalue weighted by molar-refractivity contribution is 0.0979. The van der Waals surface area contributed by atoms with Crippen molar-refractivity contribution in [2.24, 2.45) is 0 Å². The van der Waals surface area contributed by atoms with E-state index in [1.165, 1.54) is 5.56 Å². The van der Waals surface area contributed by atoms with Gasteiger partial charge in [0.1, 0.15) is 5.75 Å². The molecule has 0 saturated heterocycles. The van der Waals surface area contributed by atoms with Crippen LogP contribution in [0.4, 0.5) is 0 Å². The van der Waals surface area contributed by atoms with E-state index in [0.717, 1.165) is 23.6 Å². The molecule has 0 aliphatic carbocycles. The first-order valence-corrected chi connectivity index (χ1v) is 7.92. The highest BCUT2D eigenvalue weighted by molar-refractivity contribution is 6.10. The van der Waals surface area contributed by atoms with Crippen LogP contribution in [-0.4, -0.2) is 12.9 Å². The van der Waals surface area contributed by atoms with Gasteiger partial charge in [0, 0.05) is 6.42 Å². The van der Waals surface area contributed by atoms with Crippen molar-refractivity contribution in [1.29, 1.82) is 0 Å². The van der Waals surface area contributed by atoms with Crippen molar-refractivity contribution in [3.05, 3.63) is 77.9 Å². The van der Waals surface area contributed by atoms with Crippen LogP contribution in [0.1, 0.15) is 28.8 Å². The Balaban J connectivity index is 1.80. The number of aryl methyl sites for hydroxylation is 1. The van der Waals surface area contributed by atoms with E-state index in [-0.39, 0.29) is 5.78 Å². The van der Waals surface area contributed by atoms with Crippen molar-refractivity contribution in [2.75, 3.05) is 7.11 Å². The lowest BCUT2D eigenvalue weighted by atomic mass is 9.96. The normalized spacial score (nSPS) is 10.7. The zero-order valence-corrected chi connectivity index (χ0v) is 13.3. The van der Waals surface area contributed by atoms with Crippen LogP contribution in [0.25, 0.3) is 10.8 Å². The van der Waals surface area contributed by atoms with Crippen LogP contribution in [0.5, 0.6) is 5.75 Å². The molecule has 0 bridgehead atoms. The summed E-state index contributed by atoms with van der Waals surface area (Å²) in [5.74, 6) is 0.808. The van der Waals surface area contributed by atoms with Crippen LogP contribution in [0.2, 0.25) is 0 Å². The van der Waals surface area contributed by atoms with Gasteiger partial charge >= 0.3 is 0 Å². The first-order valence-electron chi connectivity index (χ1n) is 7.92. The van der Waals surface area contributed by atoms with Gasteiger partial charge in [-0.05, 0) is 35.2 Å². The third kappa shape index (κ3) is 3.42. The highest BCUT2D eigenvalue weighted by Crippen LogP contribution is 2.29. The van der Waals surface area contributed by atoms with Gasteiger partial charge in [0.05, 0.1) is 12.7 Å². The Morgan fingerprint density at radius 2 is 1.65 bits per heavy atom. The fourth-order valence-electron chi connectivity index (χ4n) is 2.93. The van der Waals surface area contributed by atoms with Gasteiger partial charge in [-0.2, -0.15) is 0 Å². The number of hydrogen-bond acceptors (Lipinski definition) is 2. The van der Waals surface area contributed by atoms with Gasteiger partial charge in [-0.1, -0.05) is 60.7 Å².